The van der Waals surface area contributed by atoms with E-state index < -0.39 is 0 Å². The van der Waals surface area contributed by atoms with Gasteiger partial charge in [-0.15, -0.1) is 0 Å². The molecule has 0 aromatic heterocycles. The van der Waals surface area contributed by atoms with E-state index in [-0.39, 0.29) is 6.04 Å². The maximum atomic E-state index is 4.95. The Morgan fingerprint density at radius 1 is 0.870 bits per heavy atom. The van der Waals surface area contributed by atoms with Crippen LogP contribution in [0.15, 0.2) is 83.9 Å². The number of aliphatic imine (C=N–C) groups is 1. The molecule has 2 nitrogen and oxygen atoms in total. The van der Waals surface area contributed by atoms with Gasteiger partial charge in [-0.05, 0) is 18.6 Å². The fourth-order valence-corrected chi connectivity index (χ4v) is 2.91. The number of allylic oxidation sites excluding steroid dienone is 2. The van der Waals surface area contributed by atoms with E-state index in [0.29, 0.717) is 0 Å². The fraction of sp³-hybridized carbons (Fsp3) is 0.0952. The number of hydrogen-bond acceptors (Lipinski definition) is 2. The van der Waals surface area contributed by atoms with E-state index in [4.69, 9.17) is 4.99 Å². The van der Waals surface area contributed by atoms with Gasteiger partial charge in [0.1, 0.15) is 0 Å². The average Bonchev–Trinajstić information content (AvgIpc) is 2.62. The van der Waals surface area contributed by atoms with E-state index in [9.17, 15) is 0 Å². The van der Waals surface area contributed by atoms with Gasteiger partial charge in [-0.2, -0.15) is 0 Å². The van der Waals surface area contributed by atoms with E-state index >= 15 is 0 Å². The molecule has 1 atom stereocenters. The van der Waals surface area contributed by atoms with Gasteiger partial charge in [0.25, 0.3) is 0 Å². The van der Waals surface area contributed by atoms with Crippen molar-refractivity contribution in [2.24, 2.45) is 4.99 Å². The summed E-state index contributed by atoms with van der Waals surface area (Å²) in [5, 5.41) is 3.65. The smallest absolute Gasteiger partial charge is 0.0944 e. The Morgan fingerprint density at radius 2 is 1.65 bits per heavy atom. The van der Waals surface area contributed by atoms with Crippen LogP contribution in [0.4, 0.5) is 0 Å². The lowest BCUT2D eigenvalue weighted by Crippen LogP contribution is -2.37. The third kappa shape index (κ3) is 2.64. The predicted molar refractivity (Wildman–Crippen MR) is 97.1 cm³/mol. The summed E-state index contributed by atoms with van der Waals surface area (Å²) in [5.74, 6) is 0. The molecule has 2 aromatic rings. The second-order valence-electron chi connectivity index (χ2n) is 5.86. The molecule has 0 spiro atoms. The lowest BCUT2D eigenvalue weighted by molar-refractivity contribution is 0.882. The summed E-state index contributed by atoms with van der Waals surface area (Å²) in [6.45, 7) is 2.11. The minimum atomic E-state index is 0.142. The first-order chi connectivity index (χ1) is 11.3. The van der Waals surface area contributed by atoms with Crippen LogP contribution in [0.3, 0.4) is 0 Å². The van der Waals surface area contributed by atoms with Crippen molar-refractivity contribution < 1.29 is 0 Å². The second kappa shape index (κ2) is 5.73. The Morgan fingerprint density at radius 3 is 2.43 bits per heavy atom. The van der Waals surface area contributed by atoms with Gasteiger partial charge in [-0.25, -0.2) is 4.99 Å². The van der Waals surface area contributed by atoms with Crippen molar-refractivity contribution in [1.82, 2.24) is 5.32 Å². The lowest BCUT2D eigenvalue weighted by Gasteiger charge is -2.28. The molecule has 0 radical (unpaired) electrons. The van der Waals surface area contributed by atoms with E-state index in [1.165, 1.54) is 11.1 Å². The highest BCUT2D eigenvalue weighted by molar-refractivity contribution is 6.10. The van der Waals surface area contributed by atoms with Crippen LogP contribution in [0.5, 0.6) is 0 Å². The first-order valence-corrected chi connectivity index (χ1v) is 7.88. The summed E-state index contributed by atoms with van der Waals surface area (Å²) in [6.07, 6.45) is 8.33. The van der Waals surface area contributed by atoms with Gasteiger partial charge in [0.05, 0.1) is 23.1 Å². The van der Waals surface area contributed by atoms with Crippen molar-refractivity contribution in [3.8, 4) is 0 Å². The first-order valence-electron chi connectivity index (χ1n) is 7.88. The molecule has 0 saturated carbocycles. The maximum absolute atomic E-state index is 4.95. The summed E-state index contributed by atoms with van der Waals surface area (Å²) in [4.78, 5) is 4.95. The van der Waals surface area contributed by atoms with Gasteiger partial charge in [-0.3, -0.25) is 0 Å². The van der Waals surface area contributed by atoms with Gasteiger partial charge in [-0.1, -0.05) is 78.4 Å². The van der Waals surface area contributed by atoms with Gasteiger partial charge in [0.15, 0.2) is 0 Å². The zero-order valence-corrected chi connectivity index (χ0v) is 13.0. The van der Waals surface area contributed by atoms with Gasteiger partial charge in [0, 0.05) is 5.56 Å². The minimum Gasteiger partial charge on any atom is -0.371 e. The molecule has 1 aliphatic heterocycles. The molecular weight excluding hydrogens is 280 g/mol. The third-order valence-electron chi connectivity index (χ3n) is 4.17. The Labute approximate surface area is 136 Å². The molecule has 4 rings (SSSR count). The average molecular weight is 298 g/mol. The number of aryl methyl sites for hydroxylation is 1. The fourth-order valence-electron chi connectivity index (χ4n) is 2.91. The Kier molecular flexibility index (Phi) is 3.43. The van der Waals surface area contributed by atoms with Crippen LogP contribution in [-0.4, -0.2) is 11.8 Å². The molecule has 1 unspecified atom stereocenters. The number of rotatable bonds is 2. The summed E-state index contributed by atoms with van der Waals surface area (Å²) < 4.78 is 0. The maximum Gasteiger partial charge on any atom is 0.0944 e. The Balaban J connectivity index is 1.89. The van der Waals surface area contributed by atoms with Crippen molar-refractivity contribution in [3.05, 3.63) is 95.6 Å². The van der Waals surface area contributed by atoms with E-state index in [2.05, 4.69) is 79.0 Å². The molecule has 112 valence electrons. The quantitative estimate of drug-likeness (QED) is 0.875. The number of hydrogen-bond donors (Lipinski definition) is 1. The summed E-state index contributed by atoms with van der Waals surface area (Å²) >= 11 is 0. The number of nitrogens with one attached hydrogen (secondary N) is 1. The lowest BCUT2D eigenvalue weighted by atomic mass is 9.97. The Hall–Kier alpha value is -2.87. The second-order valence-corrected chi connectivity index (χ2v) is 5.86. The summed E-state index contributed by atoms with van der Waals surface area (Å²) in [6, 6.07) is 19.1. The van der Waals surface area contributed by atoms with E-state index in [1.54, 1.807) is 0 Å². The normalized spacial score (nSPS) is 19.2. The number of fused-ring (bicyclic) bond motifs is 1. The summed E-state index contributed by atoms with van der Waals surface area (Å²) in [5.41, 5.74) is 6.70. The van der Waals surface area contributed by atoms with Crippen LogP contribution < -0.4 is 5.32 Å². The molecule has 1 N–H and O–H groups in total. The first kappa shape index (κ1) is 13.8. The van der Waals surface area contributed by atoms with Crippen molar-refractivity contribution in [2.75, 3.05) is 0 Å². The van der Waals surface area contributed by atoms with Crippen molar-refractivity contribution >= 4 is 17.1 Å². The standard InChI is InChI=1S/C21H18N2/c1-15-11-13-17(14-12-15)21-20(16-7-3-2-4-8-16)22-18-9-5-6-10-19(18)23-21/h2-14,19,23H,1H3. The predicted octanol–water partition coefficient (Wildman–Crippen LogP) is 4.36. The van der Waals surface area contributed by atoms with Crippen LogP contribution >= 0.6 is 0 Å². The minimum absolute atomic E-state index is 0.142. The van der Waals surface area contributed by atoms with Crippen molar-refractivity contribution in [2.45, 2.75) is 13.0 Å². The molecule has 1 aliphatic carbocycles. The molecule has 2 aliphatic rings. The van der Waals surface area contributed by atoms with Crippen LogP contribution in [-0.2, 0) is 0 Å². The largest absolute Gasteiger partial charge is 0.371 e. The highest BCUT2D eigenvalue weighted by Crippen LogP contribution is 2.30. The van der Waals surface area contributed by atoms with Crippen LogP contribution in [0, 0.1) is 6.92 Å². The van der Waals surface area contributed by atoms with Crippen LogP contribution in [0.1, 0.15) is 16.7 Å². The molecule has 2 aromatic carbocycles. The van der Waals surface area contributed by atoms with Gasteiger partial charge < -0.3 is 5.32 Å². The summed E-state index contributed by atoms with van der Waals surface area (Å²) in [7, 11) is 0. The van der Waals surface area contributed by atoms with Crippen molar-refractivity contribution in [3.63, 3.8) is 0 Å². The van der Waals surface area contributed by atoms with Crippen molar-refractivity contribution in [1.29, 1.82) is 0 Å². The molecule has 0 amide bonds. The third-order valence-corrected chi connectivity index (χ3v) is 4.17. The zero-order valence-electron chi connectivity index (χ0n) is 13.0. The van der Waals surface area contributed by atoms with Crippen LogP contribution in [0.25, 0.3) is 11.4 Å². The topological polar surface area (TPSA) is 24.4 Å². The Bertz CT molecular complexity index is 837. The molecular formula is C21H18N2. The highest BCUT2D eigenvalue weighted by Gasteiger charge is 2.23. The molecule has 1 heterocycles. The molecule has 0 bridgehead atoms. The SMILES string of the molecule is Cc1ccc(C2=C(c3ccccc3)N=C3C=CC=CC3N2)cc1. The molecule has 23 heavy (non-hydrogen) atoms. The molecule has 0 fully saturated rings. The number of benzene rings is 2. The highest BCUT2D eigenvalue weighted by atomic mass is 15.0. The van der Waals surface area contributed by atoms with Crippen LogP contribution in [0.2, 0.25) is 0 Å². The monoisotopic (exact) mass is 298 g/mol. The van der Waals surface area contributed by atoms with Gasteiger partial charge in [0.2, 0.25) is 0 Å². The van der Waals surface area contributed by atoms with Gasteiger partial charge >= 0.3 is 0 Å². The van der Waals surface area contributed by atoms with E-state index in [1.807, 2.05) is 12.1 Å². The zero-order chi connectivity index (χ0) is 15.6. The molecule has 0 saturated heterocycles. The molecule has 2 heteroatoms. The number of nitrogens with zero attached hydrogens (tertiary/aromatic N) is 1. The van der Waals surface area contributed by atoms with E-state index in [0.717, 1.165) is 22.7 Å².